The van der Waals surface area contributed by atoms with Gasteiger partial charge in [0.15, 0.2) is 0 Å². The molecule has 0 unspecified atom stereocenters. The van der Waals surface area contributed by atoms with Gasteiger partial charge in [-0.05, 0) is 42.0 Å². The van der Waals surface area contributed by atoms with Crippen molar-refractivity contribution >= 4 is 46.2 Å². The van der Waals surface area contributed by atoms with Gasteiger partial charge in [0, 0.05) is 53.6 Å². The fraction of sp³-hybridized carbons (Fsp3) is 0.333. The van der Waals surface area contributed by atoms with Crippen molar-refractivity contribution in [2.45, 2.75) is 6.61 Å². The van der Waals surface area contributed by atoms with Gasteiger partial charge in [0.05, 0.1) is 5.52 Å². The highest BCUT2D eigenvalue weighted by molar-refractivity contribution is 6.34. The molecule has 0 saturated carbocycles. The summed E-state index contributed by atoms with van der Waals surface area (Å²) >= 11 is 12.0. The largest absolute Gasteiger partial charge is 0.445 e. The Bertz CT molecular complexity index is 1130. The van der Waals surface area contributed by atoms with Crippen LogP contribution in [0.4, 0.5) is 4.79 Å². The van der Waals surface area contributed by atoms with Crippen molar-refractivity contribution in [1.29, 1.82) is 0 Å². The number of nitrogens with zero attached hydrogens (tertiary/aromatic N) is 4. The Labute approximate surface area is 188 Å². The molecule has 0 radical (unpaired) electrons. The van der Waals surface area contributed by atoms with Crippen molar-refractivity contribution in [3.05, 3.63) is 57.6 Å². The van der Waals surface area contributed by atoms with E-state index >= 15 is 0 Å². The van der Waals surface area contributed by atoms with Crippen LogP contribution in [-0.4, -0.2) is 63.4 Å². The van der Waals surface area contributed by atoms with Crippen LogP contribution in [0.15, 0.2) is 36.4 Å². The maximum Gasteiger partial charge on any atom is 0.410 e. The number of aromatic nitrogens is 3. The molecular weight excluding hydrogens is 441 g/mol. The SMILES string of the molecule is O=C(OCc1cc(Cl)cc(Cl)c1)N1C[C@@H]2CN(C(=O)c3ccc4[nH]nnc4c3)C[C@H]2C1. The molecule has 2 saturated heterocycles. The third kappa shape index (κ3) is 4.05. The summed E-state index contributed by atoms with van der Waals surface area (Å²) in [4.78, 5) is 29.0. The van der Waals surface area contributed by atoms with Crippen molar-refractivity contribution in [2.75, 3.05) is 26.2 Å². The van der Waals surface area contributed by atoms with Crippen molar-refractivity contribution < 1.29 is 14.3 Å². The molecule has 2 aliphatic heterocycles. The highest BCUT2D eigenvalue weighted by Gasteiger charge is 2.43. The Morgan fingerprint density at radius 1 is 1.00 bits per heavy atom. The molecule has 0 bridgehead atoms. The first kappa shape index (κ1) is 20.1. The lowest BCUT2D eigenvalue weighted by Gasteiger charge is -2.21. The van der Waals surface area contributed by atoms with Crippen LogP contribution in [0.1, 0.15) is 15.9 Å². The molecule has 3 heterocycles. The Morgan fingerprint density at radius 3 is 2.39 bits per heavy atom. The summed E-state index contributed by atoms with van der Waals surface area (Å²) in [7, 11) is 0. The molecule has 2 fully saturated rings. The van der Waals surface area contributed by atoms with Crippen LogP contribution in [0.25, 0.3) is 11.0 Å². The Morgan fingerprint density at radius 2 is 1.68 bits per heavy atom. The van der Waals surface area contributed by atoms with Gasteiger partial charge in [-0.2, -0.15) is 0 Å². The number of carbonyl (C=O) groups excluding carboxylic acids is 2. The number of rotatable bonds is 3. The monoisotopic (exact) mass is 459 g/mol. The van der Waals surface area contributed by atoms with E-state index < -0.39 is 0 Å². The average molecular weight is 460 g/mol. The lowest BCUT2D eigenvalue weighted by molar-refractivity contribution is 0.0764. The van der Waals surface area contributed by atoms with Gasteiger partial charge in [-0.25, -0.2) is 4.79 Å². The molecule has 2 amide bonds. The van der Waals surface area contributed by atoms with Crippen LogP contribution >= 0.6 is 23.2 Å². The lowest BCUT2D eigenvalue weighted by atomic mass is 10.0. The summed E-state index contributed by atoms with van der Waals surface area (Å²) in [5.41, 5.74) is 2.80. The van der Waals surface area contributed by atoms with E-state index in [-0.39, 0.29) is 30.4 Å². The first-order valence-corrected chi connectivity index (χ1v) is 10.7. The topological polar surface area (TPSA) is 91.4 Å². The summed E-state index contributed by atoms with van der Waals surface area (Å²) in [6, 6.07) is 10.4. The van der Waals surface area contributed by atoms with Crippen molar-refractivity contribution in [3.8, 4) is 0 Å². The number of H-pyrrole nitrogens is 1. The van der Waals surface area contributed by atoms with Crippen LogP contribution in [0.2, 0.25) is 10.0 Å². The smallest absolute Gasteiger partial charge is 0.410 e. The molecule has 31 heavy (non-hydrogen) atoms. The first-order chi connectivity index (χ1) is 15.0. The third-order valence-corrected chi connectivity index (χ3v) is 6.33. The lowest BCUT2D eigenvalue weighted by Crippen LogP contribution is -2.35. The quantitative estimate of drug-likeness (QED) is 0.645. The molecule has 0 aliphatic carbocycles. The number of carbonyl (C=O) groups is 2. The van der Waals surface area contributed by atoms with Gasteiger partial charge < -0.3 is 14.5 Å². The van der Waals surface area contributed by atoms with Gasteiger partial charge in [-0.3, -0.25) is 9.89 Å². The number of benzene rings is 2. The average Bonchev–Trinajstić information content (AvgIpc) is 3.44. The molecular formula is C21H19Cl2N5O3. The van der Waals surface area contributed by atoms with Crippen LogP contribution in [0, 0.1) is 11.8 Å². The predicted molar refractivity (Wildman–Crippen MR) is 115 cm³/mol. The number of hydrogen-bond acceptors (Lipinski definition) is 5. The number of fused-ring (bicyclic) bond motifs is 2. The maximum atomic E-state index is 12.9. The van der Waals surface area contributed by atoms with Gasteiger partial charge in [0.2, 0.25) is 0 Å². The summed E-state index contributed by atoms with van der Waals surface area (Å²) in [5.74, 6) is 0.465. The number of ether oxygens (including phenoxy) is 1. The first-order valence-electron chi connectivity index (χ1n) is 9.93. The van der Waals surface area contributed by atoms with Gasteiger partial charge in [-0.1, -0.05) is 28.4 Å². The molecule has 3 aromatic rings. The normalized spacial score (nSPS) is 20.3. The molecule has 10 heteroatoms. The van der Waals surface area contributed by atoms with Crippen LogP contribution < -0.4 is 0 Å². The number of likely N-dealkylation sites (tertiary alicyclic amines) is 2. The number of halogens is 2. The molecule has 2 aliphatic rings. The van der Waals surface area contributed by atoms with E-state index in [1.165, 1.54) is 0 Å². The Hall–Kier alpha value is -2.84. The van der Waals surface area contributed by atoms with E-state index in [0.29, 0.717) is 47.3 Å². The van der Waals surface area contributed by atoms with Crippen molar-refractivity contribution in [1.82, 2.24) is 25.2 Å². The minimum atomic E-state index is -0.361. The third-order valence-electron chi connectivity index (χ3n) is 5.89. The van der Waals surface area contributed by atoms with Crippen LogP contribution in [-0.2, 0) is 11.3 Å². The van der Waals surface area contributed by atoms with Gasteiger partial charge in [0.1, 0.15) is 12.1 Å². The Kier molecular flexibility index (Phi) is 5.19. The number of hydrogen-bond donors (Lipinski definition) is 1. The molecule has 8 nitrogen and oxygen atoms in total. The molecule has 5 rings (SSSR count). The highest BCUT2D eigenvalue weighted by atomic mass is 35.5. The van der Waals surface area contributed by atoms with Crippen molar-refractivity contribution in [2.24, 2.45) is 11.8 Å². The zero-order valence-corrected chi connectivity index (χ0v) is 17.9. The zero-order chi connectivity index (χ0) is 21.5. The number of aromatic amines is 1. The molecule has 2 atom stereocenters. The molecule has 2 aromatic carbocycles. The van der Waals surface area contributed by atoms with Crippen molar-refractivity contribution in [3.63, 3.8) is 0 Å². The zero-order valence-electron chi connectivity index (χ0n) is 16.4. The second kappa shape index (κ2) is 8.01. The second-order valence-electron chi connectivity index (χ2n) is 8.01. The summed E-state index contributed by atoms with van der Waals surface area (Å²) in [6.45, 7) is 2.50. The summed E-state index contributed by atoms with van der Waals surface area (Å²) in [5, 5.41) is 11.5. The maximum absolute atomic E-state index is 12.9. The van der Waals surface area contributed by atoms with E-state index in [4.69, 9.17) is 27.9 Å². The fourth-order valence-corrected chi connectivity index (χ4v) is 4.97. The summed E-state index contributed by atoms with van der Waals surface area (Å²) in [6.07, 6.45) is -0.361. The van der Waals surface area contributed by atoms with E-state index in [1.807, 2.05) is 11.0 Å². The standard InChI is InChI=1S/C21H19Cl2N5O3/c22-16-3-12(4-17(23)6-16)11-31-21(30)28-9-14-7-27(8-15(14)10-28)20(29)13-1-2-18-19(5-13)25-26-24-18/h1-6,14-15H,7-11H2,(H,24,25,26)/t14-,15-/m0/s1. The number of amides is 2. The van der Waals surface area contributed by atoms with E-state index in [9.17, 15) is 9.59 Å². The molecule has 160 valence electrons. The molecule has 0 spiro atoms. The predicted octanol–water partition coefficient (Wildman–Crippen LogP) is 3.61. The second-order valence-corrected chi connectivity index (χ2v) is 8.88. The highest BCUT2D eigenvalue weighted by Crippen LogP contribution is 2.32. The van der Waals surface area contributed by atoms with Crippen LogP contribution in [0.3, 0.4) is 0 Å². The molecule has 1 aromatic heterocycles. The summed E-state index contributed by atoms with van der Waals surface area (Å²) < 4.78 is 5.44. The van der Waals surface area contributed by atoms with Gasteiger partial charge in [-0.15, -0.1) is 5.10 Å². The Balaban J connectivity index is 1.16. The minimum absolute atomic E-state index is 0.0220. The van der Waals surface area contributed by atoms with Gasteiger partial charge in [0.25, 0.3) is 5.91 Å². The van der Waals surface area contributed by atoms with Gasteiger partial charge >= 0.3 is 6.09 Å². The van der Waals surface area contributed by atoms with E-state index in [0.717, 1.165) is 11.1 Å². The number of nitrogens with one attached hydrogen (secondary N) is 1. The van der Waals surface area contributed by atoms with E-state index in [1.54, 1.807) is 35.2 Å². The minimum Gasteiger partial charge on any atom is -0.445 e. The van der Waals surface area contributed by atoms with E-state index in [2.05, 4.69) is 15.4 Å². The van der Waals surface area contributed by atoms with Crippen LogP contribution in [0.5, 0.6) is 0 Å². The fourth-order valence-electron chi connectivity index (χ4n) is 4.40. The molecule has 1 N–H and O–H groups in total.